The maximum absolute atomic E-state index is 16.2. The summed E-state index contributed by atoms with van der Waals surface area (Å²) in [7, 11) is 0. The molecule has 0 radical (unpaired) electrons. The second-order valence-corrected chi connectivity index (χ2v) is 13.3. The molecule has 3 aromatic rings. The fourth-order valence-corrected chi connectivity index (χ4v) is 6.40. The highest BCUT2D eigenvalue weighted by molar-refractivity contribution is 6.34. The molecule has 238 valence electrons. The molecule has 0 unspecified atom stereocenters. The van der Waals surface area contributed by atoms with Crippen molar-refractivity contribution in [2.75, 3.05) is 13.2 Å². The van der Waals surface area contributed by atoms with E-state index in [0.717, 1.165) is 6.07 Å². The van der Waals surface area contributed by atoms with Crippen LogP contribution in [0, 0.1) is 23.0 Å². The molecule has 0 saturated carbocycles. The predicted molar refractivity (Wildman–Crippen MR) is 163 cm³/mol. The number of halogens is 3. The van der Waals surface area contributed by atoms with E-state index >= 15 is 8.78 Å². The van der Waals surface area contributed by atoms with Crippen molar-refractivity contribution in [1.82, 2.24) is 4.90 Å². The summed E-state index contributed by atoms with van der Waals surface area (Å²) in [5, 5.41) is 30.5. The molecule has 0 bridgehead atoms. The van der Waals surface area contributed by atoms with Gasteiger partial charge in [-0.2, -0.15) is 5.26 Å². The van der Waals surface area contributed by atoms with Gasteiger partial charge in [-0.1, -0.05) is 41.9 Å². The molecule has 2 aliphatic rings. The highest BCUT2D eigenvalue weighted by Crippen LogP contribution is 2.54. The van der Waals surface area contributed by atoms with E-state index in [9.17, 15) is 20.3 Å². The normalized spacial score (nSPS) is 23.2. The van der Waals surface area contributed by atoms with Gasteiger partial charge < -0.3 is 24.4 Å². The van der Waals surface area contributed by atoms with Gasteiger partial charge in [-0.3, -0.25) is 4.90 Å². The Morgan fingerprint density at radius 1 is 1.22 bits per heavy atom. The monoisotopic (exact) mass is 640 g/mol. The number of carbonyl (C=O) groups is 1. The van der Waals surface area contributed by atoms with Gasteiger partial charge in [0.1, 0.15) is 23.8 Å². The smallest absolute Gasteiger partial charge is 0.410 e. The van der Waals surface area contributed by atoms with Crippen LogP contribution in [0.3, 0.4) is 0 Å². The molecule has 0 spiro atoms. The minimum absolute atomic E-state index is 0.0230. The lowest BCUT2D eigenvalue weighted by molar-refractivity contribution is -0.0216. The van der Waals surface area contributed by atoms with Crippen LogP contribution in [0.25, 0.3) is 11.1 Å². The number of nitrogens with zero attached hydrogens (tertiary/aromatic N) is 2. The van der Waals surface area contributed by atoms with Crippen LogP contribution in [0.1, 0.15) is 57.7 Å². The van der Waals surface area contributed by atoms with Crippen LogP contribution >= 0.6 is 11.6 Å². The Labute approximate surface area is 265 Å². The Hall–Kier alpha value is -3.91. The third-order valence-electron chi connectivity index (χ3n) is 7.92. The number of fused-ring (bicyclic) bond motifs is 1. The van der Waals surface area contributed by atoms with Crippen molar-refractivity contribution in [3.05, 3.63) is 81.9 Å². The van der Waals surface area contributed by atoms with Crippen LogP contribution in [0.15, 0.2) is 48.5 Å². The van der Waals surface area contributed by atoms with Crippen molar-refractivity contribution < 1.29 is 38.0 Å². The van der Waals surface area contributed by atoms with E-state index in [2.05, 4.69) is 0 Å². The van der Waals surface area contributed by atoms with Crippen molar-refractivity contribution in [2.24, 2.45) is 0 Å². The molecule has 8 nitrogen and oxygen atoms in total. The van der Waals surface area contributed by atoms with Crippen LogP contribution in [-0.4, -0.2) is 57.7 Å². The number of hydrogen-bond acceptors (Lipinski definition) is 7. The molecular weight excluding hydrogens is 606 g/mol. The summed E-state index contributed by atoms with van der Waals surface area (Å²) >= 11 is 6.58. The number of hydrogen-bond donors (Lipinski definition) is 2. The van der Waals surface area contributed by atoms with Gasteiger partial charge in [0.2, 0.25) is 0 Å². The first-order valence-corrected chi connectivity index (χ1v) is 15.0. The average molecular weight is 641 g/mol. The van der Waals surface area contributed by atoms with Crippen molar-refractivity contribution in [3.63, 3.8) is 0 Å². The highest BCUT2D eigenvalue weighted by Gasteiger charge is 2.58. The zero-order chi connectivity index (χ0) is 32.9. The molecule has 1 fully saturated rings. The Kier molecular flexibility index (Phi) is 8.51. The summed E-state index contributed by atoms with van der Waals surface area (Å²) in [6, 6.07) is 13.8. The molecule has 0 aliphatic carbocycles. The topological polar surface area (TPSA) is 112 Å². The van der Waals surface area contributed by atoms with Gasteiger partial charge in [-0.25, -0.2) is 13.6 Å². The molecule has 2 aliphatic heterocycles. The van der Waals surface area contributed by atoms with Crippen molar-refractivity contribution in [2.45, 2.75) is 76.4 Å². The number of benzene rings is 3. The van der Waals surface area contributed by atoms with Crippen LogP contribution in [0.5, 0.6) is 11.5 Å². The van der Waals surface area contributed by atoms with Gasteiger partial charge in [0.15, 0.2) is 17.2 Å². The zero-order valence-corrected chi connectivity index (χ0v) is 26.4. The van der Waals surface area contributed by atoms with E-state index in [0.29, 0.717) is 11.1 Å². The zero-order valence-electron chi connectivity index (χ0n) is 25.7. The average Bonchev–Trinajstić information content (AvgIpc) is 3.51. The summed E-state index contributed by atoms with van der Waals surface area (Å²) < 4.78 is 49.6. The van der Waals surface area contributed by atoms with Gasteiger partial charge in [0.25, 0.3) is 0 Å². The lowest BCUT2D eigenvalue weighted by atomic mass is 9.78. The third kappa shape index (κ3) is 6.17. The second-order valence-electron chi connectivity index (χ2n) is 13.0. The standard InChI is InChI=1S/C34H35ClF2N2O6/c1-19(40)17-43-24-12-11-20(16-38)27(30(24)37)28-22-14-34(21-9-7-6-8-10-21,44-25(22)13-23(36)29(28)35)26-15-33(5,42)18-39(26)31(41)45-32(2,3)4/h6-13,19,26,40,42H,14-15,17-18H2,1-5H3/t19-,26-,33-,34-/m0/s1. The van der Waals surface area contributed by atoms with Gasteiger partial charge >= 0.3 is 6.09 Å². The van der Waals surface area contributed by atoms with E-state index in [4.69, 9.17) is 25.8 Å². The molecule has 1 amide bonds. The number of aliphatic hydroxyl groups excluding tert-OH is 1. The quantitative estimate of drug-likeness (QED) is 0.316. The van der Waals surface area contributed by atoms with E-state index in [1.165, 1.54) is 24.0 Å². The van der Waals surface area contributed by atoms with Gasteiger partial charge in [-0.05, 0) is 52.3 Å². The first-order chi connectivity index (χ1) is 21.1. The third-order valence-corrected chi connectivity index (χ3v) is 8.29. The van der Waals surface area contributed by atoms with Gasteiger partial charge in [-0.15, -0.1) is 0 Å². The number of aliphatic hydroxyl groups is 2. The van der Waals surface area contributed by atoms with Crippen molar-refractivity contribution in [3.8, 4) is 28.7 Å². The maximum Gasteiger partial charge on any atom is 0.410 e. The summed E-state index contributed by atoms with van der Waals surface area (Å²) in [4.78, 5) is 15.0. The Balaban J connectivity index is 1.72. The van der Waals surface area contributed by atoms with E-state index in [1.807, 2.05) is 12.1 Å². The number of rotatable bonds is 6. The van der Waals surface area contributed by atoms with Crippen LogP contribution in [-0.2, 0) is 16.8 Å². The van der Waals surface area contributed by atoms with Gasteiger partial charge in [0, 0.05) is 35.6 Å². The SMILES string of the molecule is C[C@H](O)COc1ccc(C#N)c(-c2c(Cl)c(F)cc3c2C[C@](c2ccccc2)([C@@H]2C[C@](C)(O)CN2C(=O)OC(C)(C)C)O3)c1F. The first-order valence-electron chi connectivity index (χ1n) is 14.6. The first kappa shape index (κ1) is 32.5. The largest absolute Gasteiger partial charge is 0.488 e. The van der Waals surface area contributed by atoms with Crippen LogP contribution in [0.4, 0.5) is 13.6 Å². The van der Waals surface area contributed by atoms with Crippen LogP contribution < -0.4 is 9.47 Å². The number of β-amino-alcohol motifs (C(OH)–C–C–N with tert-alkyl or cyclic N) is 1. The van der Waals surface area contributed by atoms with E-state index in [-0.39, 0.29) is 54.2 Å². The Morgan fingerprint density at radius 3 is 2.53 bits per heavy atom. The highest BCUT2D eigenvalue weighted by atomic mass is 35.5. The number of amides is 1. The minimum atomic E-state index is -1.39. The Morgan fingerprint density at radius 2 is 1.91 bits per heavy atom. The molecule has 1 saturated heterocycles. The predicted octanol–water partition coefficient (Wildman–Crippen LogP) is 6.51. The molecule has 2 heterocycles. The summed E-state index contributed by atoms with van der Waals surface area (Å²) in [6.45, 7) is 8.01. The number of ether oxygens (including phenoxy) is 3. The van der Waals surface area contributed by atoms with Gasteiger partial charge in [0.05, 0.1) is 40.9 Å². The molecule has 5 rings (SSSR count). The maximum atomic E-state index is 16.2. The summed E-state index contributed by atoms with van der Waals surface area (Å²) in [5.74, 6) is -2.07. The summed E-state index contributed by atoms with van der Waals surface area (Å²) in [6.07, 6.45) is -1.50. The fourth-order valence-electron chi connectivity index (χ4n) is 6.14. The molecule has 3 aromatic carbocycles. The molecule has 11 heteroatoms. The fraction of sp³-hybridized carbons (Fsp3) is 0.412. The second kappa shape index (κ2) is 11.8. The van der Waals surface area contributed by atoms with Crippen LogP contribution in [0.2, 0.25) is 5.02 Å². The van der Waals surface area contributed by atoms with Crippen molar-refractivity contribution >= 4 is 17.7 Å². The molecule has 0 aromatic heterocycles. The number of carbonyl (C=O) groups excluding carboxylic acids is 1. The van der Waals surface area contributed by atoms with Crippen molar-refractivity contribution in [1.29, 1.82) is 5.26 Å². The Bertz CT molecular complexity index is 1670. The lowest BCUT2D eigenvalue weighted by Crippen LogP contribution is -2.53. The van der Waals surface area contributed by atoms with E-state index in [1.54, 1.807) is 52.0 Å². The minimum Gasteiger partial charge on any atom is -0.488 e. The summed E-state index contributed by atoms with van der Waals surface area (Å²) in [5.41, 5.74) is -3.10. The molecular formula is C34H35ClF2N2O6. The molecule has 45 heavy (non-hydrogen) atoms. The van der Waals surface area contributed by atoms with E-state index < -0.39 is 51.7 Å². The molecule has 2 N–H and O–H groups in total. The lowest BCUT2D eigenvalue weighted by Gasteiger charge is -2.40. The molecule has 4 atom stereocenters. The number of likely N-dealkylation sites (tertiary alicyclic amines) is 1. The number of nitriles is 1.